The molecule has 1 rings (SSSR count). The van der Waals surface area contributed by atoms with Gasteiger partial charge in [0.05, 0.1) is 12.0 Å². The standard InChI is InChI=1S/C12H23N3O3/c1-2-3-12(4-6-14-7-5-12)10(16)15-8-9-18-11(13)17/h14H,2-9H2,1H3,(H2,13,17)(H,15,16). The van der Waals surface area contributed by atoms with Gasteiger partial charge in [-0.05, 0) is 32.4 Å². The van der Waals surface area contributed by atoms with Crippen LogP contribution in [0.4, 0.5) is 4.79 Å². The van der Waals surface area contributed by atoms with E-state index in [4.69, 9.17) is 5.73 Å². The molecule has 0 aromatic carbocycles. The van der Waals surface area contributed by atoms with Gasteiger partial charge in [0, 0.05) is 0 Å². The summed E-state index contributed by atoms with van der Waals surface area (Å²) in [7, 11) is 0. The Bertz CT molecular complexity index is 283. The SMILES string of the molecule is CCCC1(C(=O)NCCOC(N)=O)CCNCC1. The molecule has 104 valence electrons. The van der Waals surface area contributed by atoms with Crippen LogP contribution in [0.1, 0.15) is 32.6 Å². The van der Waals surface area contributed by atoms with Crippen molar-refractivity contribution in [3.8, 4) is 0 Å². The third-order valence-electron chi connectivity index (χ3n) is 3.40. The Morgan fingerprint density at radius 3 is 2.61 bits per heavy atom. The minimum atomic E-state index is -0.811. The Balaban J connectivity index is 2.42. The first-order chi connectivity index (χ1) is 8.60. The highest BCUT2D eigenvalue weighted by atomic mass is 16.5. The molecule has 4 N–H and O–H groups in total. The van der Waals surface area contributed by atoms with E-state index in [9.17, 15) is 9.59 Å². The summed E-state index contributed by atoms with van der Waals surface area (Å²) in [6.45, 7) is 4.30. The monoisotopic (exact) mass is 257 g/mol. The number of rotatable bonds is 6. The Labute approximate surface area is 108 Å². The van der Waals surface area contributed by atoms with Gasteiger partial charge in [0.25, 0.3) is 0 Å². The predicted octanol–water partition coefficient (Wildman–Crippen LogP) is 0.368. The van der Waals surface area contributed by atoms with Gasteiger partial charge in [-0.1, -0.05) is 13.3 Å². The minimum Gasteiger partial charge on any atom is -0.448 e. The van der Waals surface area contributed by atoms with Crippen LogP contribution in [0, 0.1) is 5.41 Å². The highest BCUT2D eigenvalue weighted by Gasteiger charge is 2.38. The minimum absolute atomic E-state index is 0.0684. The quantitative estimate of drug-likeness (QED) is 0.599. The molecule has 2 amide bonds. The van der Waals surface area contributed by atoms with E-state index in [1.807, 2.05) is 0 Å². The molecule has 1 heterocycles. The van der Waals surface area contributed by atoms with Gasteiger partial charge in [0.1, 0.15) is 6.61 Å². The van der Waals surface area contributed by atoms with Gasteiger partial charge in [-0.15, -0.1) is 0 Å². The second-order valence-corrected chi connectivity index (χ2v) is 4.70. The molecule has 0 bridgehead atoms. The summed E-state index contributed by atoms with van der Waals surface area (Å²) in [6.07, 6.45) is 2.81. The Kier molecular flexibility index (Phi) is 5.91. The van der Waals surface area contributed by atoms with Gasteiger partial charge in [-0.3, -0.25) is 4.79 Å². The lowest BCUT2D eigenvalue weighted by atomic mass is 9.74. The van der Waals surface area contributed by atoms with Gasteiger partial charge in [-0.2, -0.15) is 0 Å². The first-order valence-electron chi connectivity index (χ1n) is 6.52. The topological polar surface area (TPSA) is 93.4 Å². The molecule has 0 aromatic rings. The van der Waals surface area contributed by atoms with Crippen molar-refractivity contribution in [3.63, 3.8) is 0 Å². The third kappa shape index (κ3) is 4.18. The van der Waals surface area contributed by atoms with E-state index in [-0.39, 0.29) is 17.9 Å². The van der Waals surface area contributed by atoms with Crippen LogP contribution in [-0.4, -0.2) is 38.2 Å². The van der Waals surface area contributed by atoms with Crippen LogP contribution in [-0.2, 0) is 9.53 Å². The van der Waals surface area contributed by atoms with Crippen LogP contribution in [0.2, 0.25) is 0 Å². The largest absolute Gasteiger partial charge is 0.448 e. The number of carbonyl (C=O) groups is 2. The maximum Gasteiger partial charge on any atom is 0.404 e. The van der Waals surface area contributed by atoms with Crippen molar-refractivity contribution >= 4 is 12.0 Å². The second kappa shape index (κ2) is 7.20. The lowest BCUT2D eigenvalue weighted by molar-refractivity contribution is -0.133. The summed E-state index contributed by atoms with van der Waals surface area (Å²) in [5.41, 5.74) is 4.59. The molecule has 1 fully saturated rings. The molecule has 1 saturated heterocycles. The van der Waals surface area contributed by atoms with E-state index in [1.165, 1.54) is 0 Å². The lowest BCUT2D eigenvalue weighted by Crippen LogP contribution is -2.48. The number of piperidine rings is 1. The maximum absolute atomic E-state index is 12.2. The first-order valence-corrected chi connectivity index (χ1v) is 6.52. The molecule has 18 heavy (non-hydrogen) atoms. The van der Waals surface area contributed by atoms with E-state index in [0.29, 0.717) is 6.54 Å². The fourth-order valence-electron chi connectivity index (χ4n) is 2.48. The zero-order chi connectivity index (χ0) is 13.4. The van der Waals surface area contributed by atoms with Gasteiger partial charge in [-0.25, -0.2) is 4.79 Å². The number of primary amides is 1. The predicted molar refractivity (Wildman–Crippen MR) is 68.0 cm³/mol. The van der Waals surface area contributed by atoms with Gasteiger partial charge in [0.15, 0.2) is 0 Å². The van der Waals surface area contributed by atoms with Crippen molar-refractivity contribution in [2.75, 3.05) is 26.2 Å². The molecule has 1 aliphatic rings. The molecule has 0 radical (unpaired) electrons. The van der Waals surface area contributed by atoms with E-state index in [0.717, 1.165) is 38.8 Å². The molecule has 6 heteroatoms. The Morgan fingerprint density at radius 1 is 1.39 bits per heavy atom. The summed E-state index contributed by atoms with van der Waals surface area (Å²) in [6, 6.07) is 0. The van der Waals surface area contributed by atoms with Crippen LogP contribution < -0.4 is 16.4 Å². The van der Waals surface area contributed by atoms with Crippen molar-refractivity contribution in [2.24, 2.45) is 11.1 Å². The van der Waals surface area contributed by atoms with Crippen LogP contribution in [0.25, 0.3) is 0 Å². The smallest absolute Gasteiger partial charge is 0.404 e. The molecule has 0 atom stereocenters. The molecular formula is C12H23N3O3. The Hall–Kier alpha value is -1.30. The van der Waals surface area contributed by atoms with Crippen LogP contribution >= 0.6 is 0 Å². The zero-order valence-corrected chi connectivity index (χ0v) is 11.0. The van der Waals surface area contributed by atoms with Crippen molar-refractivity contribution in [3.05, 3.63) is 0 Å². The van der Waals surface area contributed by atoms with Crippen molar-refractivity contribution < 1.29 is 14.3 Å². The lowest BCUT2D eigenvalue weighted by Gasteiger charge is -2.36. The molecule has 0 unspecified atom stereocenters. The molecule has 0 saturated carbocycles. The number of ether oxygens (including phenoxy) is 1. The maximum atomic E-state index is 12.2. The molecule has 0 aliphatic carbocycles. The number of amides is 2. The third-order valence-corrected chi connectivity index (χ3v) is 3.40. The van der Waals surface area contributed by atoms with Crippen LogP contribution in [0.5, 0.6) is 0 Å². The highest BCUT2D eigenvalue weighted by molar-refractivity contribution is 5.82. The zero-order valence-electron chi connectivity index (χ0n) is 11.0. The van der Waals surface area contributed by atoms with Gasteiger partial charge < -0.3 is 21.1 Å². The van der Waals surface area contributed by atoms with E-state index >= 15 is 0 Å². The average Bonchev–Trinajstić information content (AvgIpc) is 2.35. The summed E-state index contributed by atoms with van der Waals surface area (Å²) in [4.78, 5) is 22.6. The van der Waals surface area contributed by atoms with Crippen molar-refractivity contribution in [1.29, 1.82) is 0 Å². The number of carbonyl (C=O) groups excluding carboxylic acids is 2. The summed E-state index contributed by atoms with van der Waals surface area (Å²) in [5, 5.41) is 6.10. The molecular weight excluding hydrogens is 234 g/mol. The summed E-state index contributed by atoms with van der Waals surface area (Å²) in [5.74, 6) is 0.0684. The molecule has 0 aromatic heterocycles. The number of nitrogens with two attached hydrogens (primary N) is 1. The summed E-state index contributed by atoms with van der Waals surface area (Å²) < 4.78 is 4.58. The van der Waals surface area contributed by atoms with E-state index in [1.54, 1.807) is 0 Å². The Morgan fingerprint density at radius 2 is 2.06 bits per heavy atom. The van der Waals surface area contributed by atoms with E-state index < -0.39 is 6.09 Å². The molecule has 6 nitrogen and oxygen atoms in total. The van der Waals surface area contributed by atoms with Crippen LogP contribution in [0.15, 0.2) is 0 Å². The fraction of sp³-hybridized carbons (Fsp3) is 0.833. The van der Waals surface area contributed by atoms with Crippen LogP contribution in [0.3, 0.4) is 0 Å². The van der Waals surface area contributed by atoms with E-state index in [2.05, 4.69) is 22.3 Å². The fourth-order valence-corrected chi connectivity index (χ4v) is 2.48. The summed E-state index contributed by atoms with van der Waals surface area (Å²) >= 11 is 0. The highest BCUT2D eigenvalue weighted by Crippen LogP contribution is 2.34. The molecule has 1 aliphatic heterocycles. The second-order valence-electron chi connectivity index (χ2n) is 4.70. The average molecular weight is 257 g/mol. The molecule has 0 spiro atoms. The van der Waals surface area contributed by atoms with Gasteiger partial charge >= 0.3 is 6.09 Å². The van der Waals surface area contributed by atoms with Crippen molar-refractivity contribution in [2.45, 2.75) is 32.6 Å². The number of hydrogen-bond acceptors (Lipinski definition) is 4. The van der Waals surface area contributed by atoms with Crippen molar-refractivity contribution in [1.82, 2.24) is 10.6 Å². The number of hydrogen-bond donors (Lipinski definition) is 3. The first kappa shape index (κ1) is 14.8. The van der Waals surface area contributed by atoms with Gasteiger partial charge in [0.2, 0.25) is 5.91 Å². The number of nitrogens with one attached hydrogen (secondary N) is 2. The normalized spacial score (nSPS) is 18.1.